The van der Waals surface area contributed by atoms with Gasteiger partial charge in [0.1, 0.15) is 5.78 Å². The monoisotopic (exact) mass is 210 g/mol. The Morgan fingerprint density at radius 2 is 2.20 bits per heavy atom. The number of hydrogen-bond donors (Lipinski definition) is 0. The zero-order valence-electron chi connectivity index (χ0n) is 9.05. The zero-order chi connectivity index (χ0) is 11.3. The number of carbonyl (C=O) groups excluding carboxylic acids is 1. The third-order valence-corrected chi connectivity index (χ3v) is 2.09. The number of carbonyl (C=O) groups is 1. The molecule has 0 atom stereocenters. The molecule has 0 bridgehead atoms. The summed E-state index contributed by atoms with van der Waals surface area (Å²) >= 11 is 0. The summed E-state index contributed by atoms with van der Waals surface area (Å²) in [6, 6.07) is 5.03. The van der Waals surface area contributed by atoms with Gasteiger partial charge in [0, 0.05) is 6.42 Å². The molecule has 0 spiro atoms. The Kier molecular flexibility index (Phi) is 4.28. The highest BCUT2D eigenvalue weighted by molar-refractivity contribution is 5.75. The van der Waals surface area contributed by atoms with Crippen LogP contribution in [0.25, 0.3) is 0 Å². The molecule has 0 unspecified atom stereocenters. The average molecular weight is 210 g/mol. The van der Waals surface area contributed by atoms with Gasteiger partial charge in [0.25, 0.3) is 0 Å². The van der Waals surface area contributed by atoms with E-state index in [-0.39, 0.29) is 17.3 Å². The molecule has 1 rings (SSSR count). The summed E-state index contributed by atoms with van der Waals surface area (Å²) in [5.41, 5.74) is 0.569. The van der Waals surface area contributed by atoms with Gasteiger partial charge in [-0.1, -0.05) is 12.1 Å². The molecule has 0 aliphatic carbocycles. The fourth-order valence-corrected chi connectivity index (χ4v) is 1.24. The van der Waals surface area contributed by atoms with E-state index in [1.54, 1.807) is 25.1 Å². The number of rotatable bonds is 5. The molecule has 0 N–H and O–H groups in total. The quantitative estimate of drug-likeness (QED) is 0.698. The Hall–Kier alpha value is -1.38. The molecule has 82 valence electrons. The van der Waals surface area contributed by atoms with E-state index in [1.165, 1.54) is 6.92 Å². The maximum absolute atomic E-state index is 13.4. The van der Waals surface area contributed by atoms with Gasteiger partial charge in [-0.2, -0.15) is 0 Å². The largest absolute Gasteiger partial charge is 0.490 e. The van der Waals surface area contributed by atoms with E-state index in [4.69, 9.17) is 4.74 Å². The Morgan fingerprint density at radius 1 is 1.47 bits per heavy atom. The smallest absolute Gasteiger partial charge is 0.167 e. The lowest BCUT2D eigenvalue weighted by molar-refractivity contribution is -0.117. The van der Waals surface area contributed by atoms with E-state index in [1.807, 2.05) is 0 Å². The highest BCUT2D eigenvalue weighted by Crippen LogP contribution is 2.19. The first kappa shape index (κ1) is 11.7. The standard InChI is InChI=1S/C12H15FO2/c1-9-5-3-7-11(12(9)13)15-8-4-6-10(2)14/h3,5,7H,4,6,8H2,1-2H3. The van der Waals surface area contributed by atoms with E-state index in [2.05, 4.69) is 0 Å². The van der Waals surface area contributed by atoms with Crippen molar-refractivity contribution >= 4 is 5.78 Å². The van der Waals surface area contributed by atoms with Crippen LogP contribution in [0.15, 0.2) is 18.2 Å². The second-order valence-electron chi connectivity index (χ2n) is 3.54. The molecule has 3 heteroatoms. The molecule has 0 saturated carbocycles. The summed E-state index contributed by atoms with van der Waals surface area (Å²) in [4.78, 5) is 10.6. The van der Waals surface area contributed by atoms with Gasteiger partial charge in [0.2, 0.25) is 0 Å². The van der Waals surface area contributed by atoms with Gasteiger partial charge in [0.05, 0.1) is 6.61 Å². The molecule has 0 amide bonds. The van der Waals surface area contributed by atoms with Crippen LogP contribution in [0.3, 0.4) is 0 Å². The lowest BCUT2D eigenvalue weighted by Crippen LogP contribution is -2.02. The van der Waals surface area contributed by atoms with Crippen molar-refractivity contribution in [1.29, 1.82) is 0 Å². The first-order valence-corrected chi connectivity index (χ1v) is 4.98. The minimum atomic E-state index is -0.319. The van der Waals surface area contributed by atoms with E-state index >= 15 is 0 Å². The van der Waals surface area contributed by atoms with Crippen LogP contribution in [-0.2, 0) is 4.79 Å². The number of hydrogen-bond acceptors (Lipinski definition) is 2. The summed E-state index contributed by atoms with van der Waals surface area (Å²) in [5, 5.41) is 0. The number of Topliss-reactive ketones (excluding diaryl/α,β-unsaturated/α-hetero) is 1. The van der Waals surface area contributed by atoms with Crippen LogP contribution in [-0.4, -0.2) is 12.4 Å². The molecular weight excluding hydrogens is 195 g/mol. The first-order valence-electron chi connectivity index (χ1n) is 4.98. The minimum Gasteiger partial charge on any atom is -0.490 e. The number of halogens is 1. The normalized spacial score (nSPS) is 10.1. The van der Waals surface area contributed by atoms with Crippen molar-refractivity contribution < 1.29 is 13.9 Å². The molecule has 15 heavy (non-hydrogen) atoms. The van der Waals surface area contributed by atoms with Gasteiger partial charge in [-0.05, 0) is 31.9 Å². The Labute approximate surface area is 89.1 Å². The van der Waals surface area contributed by atoms with Gasteiger partial charge in [-0.25, -0.2) is 4.39 Å². The molecule has 0 aliphatic heterocycles. The van der Waals surface area contributed by atoms with Crippen molar-refractivity contribution in [2.75, 3.05) is 6.61 Å². The van der Waals surface area contributed by atoms with Crippen LogP contribution in [0.4, 0.5) is 4.39 Å². The number of benzene rings is 1. The molecule has 0 saturated heterocycles. The molecule has 1 aromatic carbocycles. The second-order valence-corrected chi connectivity index (χ2v) is 3.54. The lowest BCUT2D eigenvalue weighted by Gasteiger charge is -2.07. The van der Waals surface area contributed by atoms with Gasteiger partial charge in [-0.3, -0.25) is 0 Å². The van der Waals surface area contributed by atoms with Crippen molar-refractivity contribution in [3.63, 3.8) is 0 Å². The maximum Gasteiger partial charge on any atom is 0.167 e. The molecular formula is C12H15FO2. The van der Waals surface area contributed by atoms with Crippen LogP contribution in [0.5, 0.6) is 5.75 Å². The summed E-state index contributed by atoms with van der Waals surface area (Å²) in [7, 11) is 0. The molecule has 0 radical (unpaired) electrons. The predicted molar refractivity (Wildman–Crippen MR) is 56.5 cm³/mol. The highest BCUT2D eigenvalue weighted by Gasteiger charge is 2.05. The minimum absolute atomic E-state index is 0.128. The molecule has 0 heterocycles. The van der Waals surface area contributed by atoms with Crippen molar-refractivity contribution in [3.05, 3.63) is 29.6 Å². The van der Waals surface area contributed by atoms with Crippen LogP contribution in [0.2, 0.25) is 0 Å². The first-order chi connectivity index (χ1) is 7.11. The predicted octanol–water partition coefficient (Wildman–Crippen LogP) is 2.88. The van der Waals surface area contributed by atoms with Crippen LogP contribution in [0.1, 0.15) is 25.3 Å². The third-order valence-electron chi connectivity index (χ3n) is 2.09. The van der Waals surface area contributed by atoms with Gasteiger partial charge in [0.15, 0.2) is 11.6 Å². The van der Waals surface area contributed by atoms with Gasteiger partial charge in [-0.15, -0.1) is 0 Å². The van der Waals surface area contributed by atoms with Crippen LogP contribution >= 0.6 is 0 Å². The lowest BCUT2D eigenvalue weighted by atomic mass is 10.2. The van der Waals surface area contributed by atoms with Crippen molar-refractivity contribution in [3.8, 4) is 5.75 Å². The Morgan fingerprint density at radius 3 is 2.87 bits per heavy atom. The third kappa shape index (κ3) is 3.70. The van der Waals surface area contributed by atoms with Crippen molar-refractivity contribution in [2.24, 2.45) is 0 Å². The average Bonchev–Trinajstić information content (AvgIpc) is 2.18. The highest BCUT2D eigenvalue weighted by atomic mass is 19.1. The molecule has 1 aromatic rings. The van der Waals surface area contributed by atoms with E-state index in [0.717, 1.165) is 0 Å². The Bertz CT molecular complexity index is 347. The van der Waals surface area contributed by atoms with Gasteiger partial charge < -0.3 is 9.53 Å². The van der Waals surface area contributed by atoms with Crippen molar-refractivity contribution in [1.82, 2.24) is 0 Å². The van der Waals surface area contributed by atoms with E-state index in [0.29, 0.717) is 25.0 Å². The van der Waals surface area contributed by atoms with E-state index < -0.39 is 0 Å². The van der Waals surface area contributed by atoms with Crippen LogP contribution < -0.4 is 4.74 Å². The Balaban J connectivity index is 2.44. The summed E-state index contributed by atoms with van der Waals surface area (Å²) < 4.78 is 18.6. The maximum atomic E-state index is 13.4. The molecule has 0 fully saturated rings. The van der Waals surface area contributed by atoms with Gasteiger partial charge >= 0.3 is 0 Å². The summed E-state index contributed by atoms with van der Waals surface area (Å²) in [5.74, 6) is 0.0715. The number of aryl methyl sites for hydroxylation is 1. The summed E-state index contributed by atoms with van der Waals surface area (Å²) in [6.07, 6.45) is 1.11. The fourth-order valence-electron chi connectivity index (χ4n) is 1.24. The zero-order valence-corrected chi connectivity index (χ0v) is 9.05. The molecule has 0 aliphatic rings. The topological polar surface area (TPSA) is 26.3 Å². The number of ketones is 1. The molecule has 2 nitrogen and oxygen atoms in total. The summed E-state index contributed by atoms with van der Waals surface area (Å²) in [6.45, 7) is 3.60. The van der Waals surface area contributed by atoms with Crippen molar-refractivity contribution in [2.45, 2.75) is 26.7 Å². The second kappa shape index (κ2) is 5.49. The number of ether oxygens (including phenoxy) is 1. The van der Waals surface area contributed by atoms with E-state index in [9.17, 15) is 9.18 Å². The fraction of sp³-hybridized carbons (Fsp3) is 0.417. The molecule has 0 aromatic heterocycles. The van der Waals surface area contributed by atoms with Crippen LogP contribution in [0, 0.1) is 12.7 Å². The SMILES string of the molecule is CC(=O)CCCOc1cccc(C)c1F.